The van der Waals surface area contributed by atoms with E-state index >= 15 is 0 Å². The van der Waals surface area contributed by atoms with Gasteiger partial charge >= 0.3 is 11.9 Å². The number of carbonyl (C=O) groups excluding carboxylic acids is 2. The van der Waals surface area contributed by atoms with Gasteiger partial charge in [-0.05, 0) is 36.6 Å². The molecule has 2 aromatic carbocycles. The van der Waals surface area contributed by atoms with Crippen LogP contribution in [0.3, 0.4) is 0 Å². The normalized spacial score (nSPS) is 17.2. The molecule has 4 heterocycles. The van der Waals surface area contributed by atoms with Crippen molar-refractivity contribution < 1.29 is 19.1 Å². The Morgan fingerprint density at radius 1 is 1.15 bits per heavy atom. The number of esters is 2. The predicted molar refractivity (Wildman–Crippen MR) is 147 cm³/mol. The number of rotatable bonds is 6. The average Bonchev–Trinajstić information content (AvgIpc) is 3.29. The summed E-state index contributed by atoms with van der Waals surface area (Å²) in [6.07, 6.45) is 0.927. The molecule has 2 aromatic heterocycles. The first-order valence-corrected chi connectivity index (χ1v) is 13.0. The Bertz CT molecular complexity index is 1710. The van der Waals surface area contributed by atoms with Crippen LogP contribution in [0, 0.1) is 0 Å². The highest BCUT2D eigenvalue weighted by Gasteiger charge is 2.50. The van der Waals surface area contributed by atoms with Gasteiger partial charge in [0.15, 0.2) is 0 Å². The lowest BCUT2D eigenvalue weighted by molar-refractivity contribution is -0.188. The summed E-state index contributed by atoms with van der Waals surface area (Å²) in [5.74, 6) is -1.31. The van der Waals surface area contributed by atoms with Gasteiger partial charge in [-0.25, -0.2) is 9.78 Å². The number of hydrogen-bond donors (Lipinski definition) is 2. The van der Waals surface area contributed by atoms with Crippen molar-refractivity contribution >= 4 is 34.2 Å². The van der Waals surface area contributed by atoms with Crippen LogP contribution in [-0.2, 0) is 44.2 Å². The van der Waals surface area contributed by atoms with Gasteiger partial charge in [0, 0.05) is 35.7 Å². The first-order valence-electron chi connectivity index (χ1n) is 13.0. The fourth-order valence-electron chi connectivity index (χ4n) is 5.73. The van der Waals surface area contributed by atoms with Gasteiger partial charge in [-0.3, -0.25) is 9.59 Å². The van der Waals surface area contributed by atoms with Gasteiger partial charge in [0.05, 0.1) is 34.7 Å². The van der Waals surface area contributed by atoms with Gasteiger partial charge < -0.3 is 25.1 Å². The monoisotopic (exact) mass is 524 g/mol. The Labute approximate surface area is 224 Å². The van der Waals surface area contributed by atoms with Gasteiger partial charge in [0.1, 0.15) is 6.61 Å². The molecule has 198 valence electrons. The second kappa shape index (κ2) is 9.27. The number of fused-ring (bicyclic) bond motifs is 5. The lowest BCUT2D eigenvalue weighted by atomic mass is 9.85. The highest BCUT2D eigenvalue weighted by atomic mass is 16.6. The molecule has 1 atom stereocenters. The first-order chi connectivity index (χ1) is 18.8. The van der Waals surface area contributed by atoms with E-state index in [2.05, 4.69) is 17.4 Å². The summed E-state index contributed by atoms with van der Waals surface area (Å²) in [5, 5.41) is 4.38. The van der Waals surface area contributed by atoms with E-state index in [9.17, 15) is 14.4 Å². The van der Waals surface area contributed by atoms with E-state index in [1.54, 1.807) is 17.6 Å². The van der Waals surface area contributed by atoms with Crippen molar-refractivity contribution in [3.05, 3.63) is 87.2 Å². The van der Waals surface area contributed by atoms with Crippen molar-refractivity contribution in [1.29, 1.82) is 0 Å². The number of nitrogens with two attached hydrogens (primary N) is 1. The lowest BCUT2D eigenvalue weighted by Gasteiger charge is -2.35. The minimum atomic E-state index is -1.69. The quantitative estimate of drug-likeness (QED) is 0.253. The number of benzene rings is 2. The Kier molecular flexibility index (Phi) is 5.86. The lowest BCUT2D eigenvalue weighted by Crippen LogP contribution is -2.47. The molecule has 2 aliphatic heterocycles. The van der Waals surface area contributed by atoms with E-state index in [-0.39, 0.29) is 25.1 Å². The zero-order chi connectivity index (χ0) is 27.3. The molecule has 9 nitrogen and oxygen atoms in total. The van der Waals surface area contributed by atoms with Crippen molar-refractivity contribution in [3.8, 4) is 11.4 Å². The SMILES string of the molecule is CC[C@@]1(OC(C)=O)C(=O)OCc2c1cc1n(c2=O)Cc2c-1nc1cccc(N)c1c2NCCc1ccccc1. The smallest absolute Gasteiger partial charge is 0.355 e. The number of pyridine rings is 2. The van der Waals surface area contributed by atoms with Crippen LogP contribution in [0.5, 0.6) is 0 Å². The molecule has 6 rings (SSSR count). The molecule has 0 saturated carbocycles. The van der Waals surface area contributed by atoms with E-state index in [1.165, 1.54) is 12.5 Å². The maximum absolute atomic E-state index is 13.8. The minimum absolute atomic E-state index is 0.127. The molecule has 0 aliphatic carbocycles. The molecule has 4 aromatic rings. The maximum Gasteiger partial charge on any atom is 0.355 e. The van der Waals surface area contributed by atoms with Gasteiger partial charge in [-0.15, -0.1) is 0 Å². The number of nitrogens with one attached hydrogen (secondary N) is 1. The molecule has 3 N–H and O–H groups in total. The van der Waals surface area contributed by atoms with Crippen molar-refractivity contribution in [2.75, 3.05) is 17.6 Å². The molecule has 9 heteroatoms. The second-order valence-electron chi connectivity index (χ2n) is 9.88. The number of aromatic nitrogens is 2. The summed E-state index contributed by atoms with van der Waals surface area (Å²) in [6.45, 7) is 3.71. The van der Waals surface area contributed by atoms with E-state index in [0.29, 0.717) is 40.3 Å². The third-order valence-corrected chi connectivity index (χ3v) is 7.59. The van der Waals surface area contributed by atoms with Crippen LogP contribution in [0.25, 0.3) is 22.3 Å². The average molecular weight is 525 g/mol. The zero-order valence-electron chi connectivity index (χ0n) is 21.7. The highest BCUT2D eigenvalue weighted by Crippen LogP contribution is 2.44. The maximum atomic E-state index is 13.8. The summed E-state index contributed by atoms with van der Waals surface area (Å²) >= 11 is 0. The van der Waals surface area contributed by atoms with E-state index in [4.69, 9.17) is 20.2 Å². The molecular formula is C30H28N4O5. The van der Waals surface area contributed by atoms with Crippen LogP contribution in [0.1, 0.15) is 42.5 Å². The largest absolute Gasteiger partial charge is 0.457 e. The number of nitrogen functional groups attached to an aromatic ring is 1. The van der Waals surface area contributed by atoms with Crippen molar-refractivity contribution in [3.63, 3.8) is 0 Å². The third kappa shape index (κ3) is 3.84. The zero-order valence-corrected chi connectivity index (χ0v) is 21.7. The number of anilines is 2. The third-order valence-electron chi connectivity index (χ3n) is 7.59. The van der Waals surface area contributed by atoms with Crippen molar-refractivity contribution in [2.45, 2.75) is 45.4 Å². The van der Waals surface area contributed by atoms with Crippen LogP contribution in [-0.4, -0.2) is 28.0 Å². The molecule has 0 bridgehead atoms. The van der Waals surface area contributed by atoms with E-state index in [1.807, 2.05) is 36.4 Å². The Balaban J connectivity index is 1.52. The molecule has 0 fully saturated rings. The molecular weight excluding hydrogens is 496 g/mol. The molecule has 0 unspecified atom stereocenters. The standard InChI is InChI=1S/C30H28N4O5/c1-3-30(39-17(2)35)21-14-24-26-19(15-34(24)28(36)20(21)16-38-29(30)37)27(25-22(31)10-7-11-23(25)33-26)32-13-12-18-8-5-4-6-9-18/h4-11,14H,3,12-13,15-16,31H2,1-2H3,(H,32,33)/t30-/m0/s1. The summed E-state index contributed by atoms with van der Waals surface area (Å²) in [6, 6.07) is 17.5. The van der Waals surface area contributed by atoms with Gasteiger partial charge in [-0.1, -0.05) is 43.3 Å². The van der Waals surface area contributed by atoms with Crippen LogP contribution >= 0.6 is 0 Å². The number of carbonyl (C=O) groups is 2. The second-order valence-corrected chi connectivity index (χ2v) is 9.88. The predicted octanol–water partition coefficient (Wildman–Crippen LogP) is 3.89. The topological polar surface area (TPSA) is 126 Å². The fraction of sp³-hybridized carbons (Fsp3) is 0.267. The van der Waals surface area contributed by atoms with Crippen LogP contribution < -0.4 is 16.6 Å². The number of cyclic esters (lactones) is 1. The van der Waals surface area contributed by atoms with Crippen LogP contribution in [0.2, 0.25) is 0 Å². The van der Waals surface area contributed by atoms with Crippen LogP contribution in [0.15, 0.2) is 59.4 Å². The Morgan fingerprint density at radius 3 is 2.69 bits per heavy atom. The molecule has 0 spiro atoms. The Morgan fingerprint density at radius 2 is 1.95 bits per heavy atom. The molecule has 0 saturated heterocycles. The fourth-order valence-corrected chi connectivity index (χ4v) is 5.73. The number of nitrogens with zero attached hydrogens (tertiary/aromatic N) is 2. The van der Waals surface area contributed by atoms with E-state index in [0.717, 1.165) is 23.1 Å². The highest BCUT2D eigenvalue weighted by molar-refractivity contribution is 6.04. The molecule has 0 radical (unpaired) electrons. The molecule has 2 aliphatic rings. The minimum Gasteiger partial charge on any atom is -0.457 e. The van der Waals surface area contributed by atoms with Crippen molar-refractivity contribution in [1.82, 2.24) is 9.55 Å². The van der Waals surface area contributed by atoms with Gasteiger partial charge in [0.25, 0.3) is 5.56 Å². The number of ether oxygens (including phenoxy) is 2. The Hall–Kier alpha value is -4.66. The van der Waals surface area contributed by atoms with Crippen LogP contribution in [0.4, 0.5) is 11.4 Å². The van der Waals surface area contributed by atoms with Crippen molar-refractivity contribution in [2.24, 2.45) is 0 Å². The van der Waals surface area contributed by atoms with E-state index < -0.39 is 17.5 Å². The summed E-state index contributed by atoms with van der Waals surface area (Å²) in [5.41, 5.74) is 10.4. The summed E-state index contributed by atoms with van der Waals surface area (Å²) < 4.78 is 12.6. The first kappa shape index (κ1) is 24.7. The molecule has 0 amide bonds. The van der Waals surface area contributed by atoms with Gasteiger partial charge in [0.2, 0.25) is 5.60 Å². The molecule has 39 heavy (non-hydrogen) atoms. The van der Waals surface area contributed by atoms with Gasteiger partial charge in [-0.2, -0.15) is 0 Å². The summed E-state index contributed by atoms with van der Waals surface area (Å²) in [4.78, 5) is 43.7. The number of hydrogen-bond acceptors (Lipinski definition) is 8. The summed E-state index contributed by atoms with van der Waals surface area (Å²) in [7, 11) is 0.